The highest BCUT2D eigenvalue weighted by atomic mass is 16.6. The zero-order chi connectivity index (χ0) is 4.69. The summed E-state index contributed by atoms with van der Waals surface area (Å²) in [5, 5.41) is 0. The molecule has 0 aliphatic carbocycles. The van der Waals surface area contributed by atoms with Crippen molar-refractivity contribution < 1.29 is 10.2 Å². The minimum absolute atomic E-state index is 0. The van der Waals surface area contributed by atoms with Crippen molar-refractivity contribution in [3.8, 4) is 11.5 Å². The fourth-order valence-corrected chi connectivity index (χ4v) is 0.611. The molecule has 0 spiro atoms. The monoisotopic (exact) mass is 110 g/mol. The van der Waals surface area contributed by atoms with Crippen LogP contribution in [0.25, 0.3) is 0 Å². The minimum Gasteiger partial charge on any atom is -0.450 e. The Labute approximate surface area is 47.0 Å². The zero-order valence-corrected chi connectivity index (χ0v) is 4.22. The molecule has 1 aromatic rings. The molecule has 8 heavy (non-hydrogen) atoms. The topological polar surface area (TPSA) is 44.0 Å². The maximum Gasteiger partial charge on any atom is 0.170 e. The summed E-state index contributed by atoms with van der Waals surface area (Å²) in [7, 11) is 0. The van der Waals surface area contributed by atoms with Crippen LogP contribution in [0.15, 0.2) is 24.3 Å². The number of hydrogen-bond donors (Lipinski definition) is 0. The lowest BCUT2D eigenvalue weighted by atomic mass is 10.4. The number of benzene rings is 1. The summed E-state index contributed by atoms with van der Waals surface area (Å²) in [6.45, 7) is 0. The third-order valence-electron chi connectivity index (χ3n) is 1.03. The Kier molecular flexibility index (Phi) is 0.954. The lowest BCUT2D eigenvalue weighted by Gasteiger charge is -1.61. The van der Waals surface area contributed by atoms with Gasteiger partial charge in [-0.1, -0.05) is 12.1 Å². The van der Waals surface area contributed by atoms with E-state index in [0.29, 0.717) is 0 Å². The quantitative estimate of drug-likeness (QED) is 0.466. The van der Waals surface area contributed by atoms with Gasteiger partial charge in [0.15, 0.2) is 11.5 Å². The molecule has 2 nitrogen and oxygen atoms in total. The van der Waals surface area contributed by atoms with Gasteiger partial charge >= 0.3 is 0 Å². The van der Waals surface area contributed by atoms with Crippen LogP contribution in [0.1, 0.15) is 0 Å². The number of hydrogen-bond acceptors (Lipinski definition) is 1. The van der Waals surface area contributed by atoms with Crippen LogP contribution in [0.2, 0.25) is 0 Å². The fourth-order valence-electron chi connectivity index (χ4n) is 0.611. The maximum atomic E-state index is 4.94. The average Bonchev–Trinajstić information content (AvgIpc) is 2.41. The van der Waals surface area contributed by atoms with Gasteiger partial charge in [0.1, 0.15) is 0 Å². The lowest BCUT2D eigenvalue weighted by Crippen LogP contribution is -1.37. The first-order chi connectivity index (χ1) is 3.47. The smallest absolute Gasteiger partial charge is 0.170 e. The van der Waals surface area contributed by atoms with E-state index in [-0.39, 0.29) is 5.48 Å². The fraction of sp³-hybridized carbons (Fsp3) is 0. The average molecular weight is 110 g/mol. The molecule has 1 heterocycles. The number of ether oxygens (including phenoxy) is 1. The molecule has 1 aliphatic heterocycles. The Morgan fingerprint density at radius 3 is 1.88 bits per heavy atom. The van der Waals surface area contributed by atoms with Crippen molar-refractivity contribution in [1.29, 1.82) is 0 Å². The summed E-state index contributed by atoms with van der Waals surface area (Å²) in [5.74, 6) is 2.06. The van der Waals surface area contributed by atoms with E-state index in [9.17, 15) is 0 Å². The Morgan fingerprint density at radius 1 is 1.00 bits per heavy atom. The molecule has 0 radical (unpaired) electrons. The Bertz CT molecular complexity index is 174. The third kappa shape index (κ3) is 0.550. The molecule has 1 aliphatic rings. The van der Waals surface area contributed by atoms with Crippen LogP contribution in [-0.4, -0.2) is 5.48 Å². The van der Waals surface area contributed by atoms with Crippen molar-refractivity contribution in [3.63, 3.8) is 0 Å². The SMILES string of the molecule is O.c1ccc2c(c1)O2. The molecule has 0 saturated heterocycles. The molecular weight excluding hydrogens is 104 g/mol. The number of fused-ring (bicyclic) bond motifs is 1. The summed E-state index contributed by atoms with van der Waals surface area (Å²) in [6.07, 6.45) is 0. The van der Waals surface area contributed by atoms with E-state index in [2.05, 4.69) is 0 Å². The molecule has 0 atom stereocenters. The van der Waals surface area contributed by atoms with Crippen molar-refractivity contribution in [2.45, 2.75) is 0 Å². The van der Waals surface area contributed by atoms with Crippen LogP contribution in [0, 0.1) is 0 Å². The molecule has 0 saturated carbocycles. The molecule has 0 aromatic heterocycles. The molecule has 1 aromatic carbocycles. The predicted molar refractivity (Wildman–Crippen MR) is 30.1 cm³/mol. The van der Waals surface area contributed by atoms with Gasteiger partial charge in [-0.3, -0.25) is 0 Å². The van der Waals surface area contributed by atoms with E-state index in [1.165, 1.54) is 0 Å². The summed E-state index contributed by atoms with van der Waals surface area (Å²) in [5.41, 5.74) is 0. The molecule has 0 fully saturated rings. The Hall–Kier alpha value is -1.02. The first-order valence-electron chi connectivity index (χ1n) is 2.24. The van der Waals surface area contributed by atoms with Crippen LogP contribution < -0.4 is 4.74 Å². The molecule has 2 rings (SSSR count). The predicted octanol–water partition coefficient (Wildman–Crippen LogP) is 0.968. The first kappa shape index (κ1) is 5.12. The molecule has 42 valence electrons. The van der Waals surface area contributed by atoms with Gasteiger partial charge in [-0.2, -0.15) is 0 Å². The van der Waals surface area contributed by atoms with E-state index in [1.54, 1.807) is 0 Å². The van der Waals surface area contributed by atoms with Gasteiger partial charge in [0.05, 0.1) is 0 Å². The maximum absolute atomic E-state index is 4.94. The van der Waals surface area contributed by atoms with E-state index in [4.69, 9.17) is 4.74 Å². The molecule has 0 amide bonds. The first-order valence-corrected chi connectivity index (χ1v) is 2.24. The van der Waals surface area contributed by atoms with E-state index < -0.39 is 0 Å². The third-order valence-corrected chi connectivity index (χ3v) is 1.03. The summed E-state index contributed by atoms with van der Waals surface area (Å²) < 4.78 is 4.94. The van der Waals surface area contributed by atoms with E-state index >= 15 is 0 Å². The standard InChI is InChI=1S/C6H4O.H2O/c1-2-4-6-5(3-1)7-6;/h1-4H;1H2. The number of rotatable bonds is 0. The molecule has 0 unspecified atom stereocenters. The van der Waals surface area contributed by atoms with Gasteiger partial charge < -0.3 is 10.2 Å². The second-order valence-electron chi connectivity index (χ2n) is 1.55. The van der Waals surface area contributed by atoms with E-state index in [0.717, 1.165) is 11.5 Å². The van der Waals surface area contributed by atoms with Crippen molar-refractivity contribution in [2.75, 3.05) is 0 Å². The van der Waals surface area contributed by atoms with Crippen molar-refractivity contribution >= 4 is 0 Å². The van der Waals surface area contributed by atoms with Crippen LogP contribution in [-0.2, 0) is 0 Å². The molecule has 2 heteroatoms. The van der Waals surface area contributed by atoms with Gasteiger partial charge in [0.25, 0.3) is 0 Å². The van der Waals surface area contributed by atoms with Crippen LogP contribution in [0.4, 0.5) is 0 Å². The molecule has 2 N–H and O–H groups in total. The van der Waals surface area contributed by atoms with Crippen molar-refractivity contribution in [2.24, 2.45) is 0 Å². The molecular formula is C6H6O2. The van der Waals surface area contributed by atoms with Crippen LogP contribution in [0.3, 0.4) is 0 Å². The second-order valence-corrected chi connectivity index (χ2v) is 1.55. The highest BCUT2D eigenvalue weighted by Gasteiger charge is 2.15. The highest BCUT2D eigenvalue weighted by Crippen LogP contribution is 2.43. The molecule has 0 bridgehead atoms. The summed E-state index contributed by atoms with van der Waals surface area (Å²) in [4.78, 5) is 0. The van der Waals surface area contributed by atoms with Crippen molar-refractivity contribution in [3.05, 3.63) is 24.3 Å². The second kappa shape index (κ2) is 1.49. The van der Waals surface area contributed by atoms with Gasteiger partial charge in [-0.05, 0) is 12.1 Å². The van der Waals surface area contributed by atoms with Gasteiger partial charge in [0.2, 0.25) is 0 Å². The largest absolute Gasteiger partial charge is 0.450 e. The van der Waals surface area contributed by atoms with Gasteiger partial charge in [-0.15, -0.1) is 0 Å². The van der Waals surface area contributed by atoms with Crippen molar-refractivity contribution in [1.82, 2.24) is 0 Å². The van der Waals surface area contributed by atoms with Crippen LogP contribution >= 0.6 is 0 Å². The summed E-state index contributed by atoms with van der Waals surface area (Å²) >= 11 is 0. The highest BCUT2D eigenvalue weighted by molar-refractivity contribution is 5.53. The lowest BCUT2D eigenvalue weighted by molar-refractivity contribution is 0.650. The normalized spacial score (nSPS) is 10.5. The zero-order valence-electron chi connectivity index (χ0n) is 4.22. The summed E-state index contributed by atoms with van der Waals surface area (Å²) in [6, 6.07) is 7.84. The van der Waals surface area contributed by atoms with Gasteiger partial charge in [-0.25, -0.2) is 0 Å². The minimum atomic E-state index is 0. The van der Waals surface area contributed by atoms with Crippen LogP contribution in [0.5, 0.6) is 11.5 Å². The number of para-hydroxylation sites is 2. The Balaban J connectivity index is 0.000000320. The Morgan fingerprint density at radius 2 is 1.50 bits per heavy atom. The van der Waals surface area contributed by atoms with E-state index in [1.807, 2.05) is 24.3 Å². The van der Waals surface area contributed by atoms with Gasteiger partial charge in [0, 0.05) is 0 Å².